The van der Waals surface area contributed by atoms with Crippen molar-refractivity contribution in [3.05, 3.63) is 24.3 Å². The molecule has 0 bridgehead atoms. The molecule has 1 fully saturated rings. The number of hydrogen-bond donors (Lipinski definition) is 2. The van der Waals surface area contributed by atoms with E-state index in [0.717, 1.165) is 17.9 Å². The normalized spacial score (nSPS) is 19.6. The first-order valence-corrected chi connectivity index (χ1v) is 7.47. The molecule has 0 saturated carbocycles. The van der Waals surface area contributed by atoms with E-state index in [-0.39, 0.29) is 5.91 Å². The van der Waals surface area contributed by atoms with Crippen molar-refractivity contribution >= 4 is 17.3 Å². The van der Waals surface area contributed by atoms with Gasteiger partial charge in [-0.05, 0) is 51.1 Å². The van der Waals surface area contributed by atoms with Gasteiger partial charge in [0.05, 0.1) is 0 Å². The van der Waals surface area contributed by atoms with Gasteiger partial charge in [-0.1, -0.05) is 12.5 Å². The van der Waals surface area contributed by atoms with Crippen molar-refractivity contribution in [3.63, 3.8) is 0 Å². The van der Waals surface area contributed by atoms with Crippen molar-refractivity contribution in [2.24, 2.45) is 0 Å². The number of carbonyl (C=O) groups is 1. The minimum atomic E-state index is -0.0361. The minimum Gasteiger partial charge on any atom is -0.385 e. The third-order valence-corrected chi connectivity index (χ3v) is 3.91. The molecule has 1 aliphatic rings. The van der Waals surface area contributed by atoms with E-state index >= 15 is 0 Å². The van der Waals surface area contributed by atoms with Crippen molar-refractivity contribution in [2.45, 2.75) is 38.6 Å². The van der Waals surface area contributed by atoms with Crippen LogP contribution in [0.15, 0.2) is 24.3 Å². The van der Waals surface area contributed by atoms with Crippen molar-refractivity contribution in [1.82, 2.24) is 4.90 Å². The van der Waals surface area contributed by atoms with Gasteiger partial charge in [0.15, 0.2) is 0 Å². The topological polar surface area (TPSA) is 44.4 Å². The highest BCUT2D eigenvalue weighted by Crippen LogP contribution is 2.19. The summed E-state index contributed by atoms with van der Waals surface area (Å²) in [7, 11) is 2.22. The Morgan fingerprint density at radius 1 is 1.35 bits per heavy atom. The molecule has 0 aromatic heterocycles. The zero-order valence-corrected chi connectivity index (χ0v) is 12.5. The number of nitrogens with zero attached hydrogens (tertiary/aromatic N) is 1. The molecule has 0 aliphatic carbocycles. The number of piperidine rings is 1. The van der Waals surface area contributed by atoms with Crippen LogP contribution in [0.25, 0.3) is 0 Å². The van der Waals surface area contributed by atoms with Gasteiger partial charge in [0.1, 0.15) is 0 Å². The molecule has 1 atom stereocenters. The first-order chi connectivity index (χ1) is 9.65. The number of rotatable bonds is 5. The number of carbonyl (C=O) groups excluding carboxylic acids is 1. The third kappa shape index (κ3) is 4.53. The molecule has 0 spiro atoms. The Kier molecular flexibility index (Phi) is 5.41. The second-order valence-corrected chi connectivity index (χ2v) is 5.61. The number of anilines is 2. The number of nitrogens with one attached hydrogen (secondary N) is 2. The van der Waals surface area contributed by atoms with E-state index in [1.165, 1.54) is 39.2 Å². The average molecular weight is 275 g/mol. The molecule has 110 valence electrons. The first-order valence-electron chi connectivity index (χ1n) is 7.47. The SMILES string of the molecule is CC(=O)Nc1cccc(NCCC2CCCCN2C)c1. The van der Waals surface area contributed by atoms with Gasteiger partial charge in [0.25, 0.3) is 0 Å². The van der Waals surface area contributed by atoms with E-state index in [0.29, 0.717) is 6.04 Å². The van der Waals surface area contributed by atoms with E-state index in [9.17, 15) is 4.79 Å². The molecule has 2 rings (SSSR count). The first kappa shape index (κ1) is 14.9. The molecule has 20 heavy (non-hydrogen) atoms. The summed E-state index contributed by atoms with van der Waals surface area (Å²) in [5, 5.41) is 6.25. The largest absolute Gasteiger partial charge is 0.385 e. The third-order valence-electron chi connectivity index (χ3n) is 3.91. The molecular formula is C16H25N3O. The predicted octanol–water partition coefficient (Wildman–Crippen LogP) is 2.93. The van der Waals surface area contributed by atoms with Crippen LogP contribution in [0.3, 0.4) is 0 Å². The highest BCUT2D eigenvalue weighted by Gasteiger charge is 2.17. The van der Waals surface area contributed by atoms with Crippen LogP contribution in [0.5, 0.6) is 0 Å². The van der Waals surface area contributed by atoms with Crippen molar-refractivity contribution in [2.75, 3.05) is 30.8 Å². The zero-order valence-electron chi connectivity index (χ0n) is 12.5. The Morgan fingerprint density at radius 2 is 2.15 bits per heavy atom. The lowest BCUT2D eigenvalue weighted by Crippen LogP contribution is -2.37. The van der Waals surface area contributed by atoms with Crippen LogP contribution >= 0.6 is 0 Å². The molecule has 1 amide bonds. The summed E-state index contributed by atoms with van der Waals surface area (Å²) in [6.07, 6.45) is 5.16. The summed E-state index contributed by atoms with van der Waals surface area (Å²) in [6, 6.07) is 8.58. The molecule has 0 radical (unpaired) electrons. The lowest BCUT2D eigenvalue weighted by Gasteiger charge is -2.32. The van der Waals surface area contributed by atoms with Gasteiger partial charge in [0.2, 0.25) is 5.91 Å². The van der Waals surface area contributed by atoms with Gasteiger partial charge >= 0.3 is 0 Å². The molecular weight excluding hydrogens is 250 g/mol. The lowest BCUT2D eigenvalue weighted by atomic mass is 10.0. The summed E-state index contributed by atoms with van der Waals surface area (Å²) in [4.78, 5) is 13.5. The van der Waals surface area contributed by atoms with Crippen LogP contribution in [0, 0.1) is 0 Å². The number of likely N-dealkylation sites (tertiary alicyclic amines) is 1. The van der Waals surface area contributed by atoms with E-state index in [1.54, 1.807) is 0 Å². The molecule has 1 unspecified atom stereocenters. The summed E-state index contributed by atoms with van der Waals surface area (Å²) in [5.74, 6) is -0.0361. The Labute approximate surface area is 121 Å². The maximum Gasteiger partial charge on any atom is 0.221 e. The smallest absolute Gasteiger partial charge is 0.221 e. The number of hydrogen-bond acceptors (Lipinski definition) is 3. The average Bonchev–Trinajstić information content (AvgIpc) is 2.41. The maximum atomic E-state index is 11.0. The van der Waals surface area contributed by atoms with Gasteiger partial charge in [-0.2, -0.15) is 0 Å². The molecule has 1 aliphatic heterocycles. The van der Waals surface area contributed by atoms with Crippen molar-refractivity contribution < 1.29 is 4.79 Å². The van der Waals surface area contributed by atoms with E-state index in [4.69, 9.17) is 0 Å². The Balaban J connectivity index is 1.80. The summed E-state index contributed by atoms with van der Waals surface area (Å²) >= 11 is 0. The molecule has 1 aromatic rings. The lowest BCUT2D eigenvalue weighted by molar-refractivity contribution is -0.114. The Hall–Kier alpha value is -1.55. The Bertz CT molecular complexity index is 447. The summed E-state index contributed by atoms with van der Waals surface area (Å²) < 4.78 is 0. The molecule has 4 heteroatoms. The highest BCUT2D eigenvalue weighted by molar-refractivity contribution is 5.89. The van der Waals surface area contributed by atoms with Gasteiger partial charge in [0, 0.05) is 30.9 Å². The van der Waals surface area contributed by atoms with E-state index in [1.807, 2.05) is 24.3 Å². The van der Waals surface area contributed by atoms with Crippen molar-refractivity contribution in [1.29, 1.82) is 0 Å². The van der Waals surface area contributed by atoms with Gasteiger partial charge < -0.3 is 15.5 Å². The fourth-order valence-electron chi connectivity index (χ4n) is 2.80. The number of amides is 1. The van der Waals surface area contributed by atoms with Crippen LogP contribution in [0.1, 0.15) is 32.6 Å². The molecule has 1 aromatic carbocycles. The molecule has 1 saturated heterocycles. The maximum absolute atomic E-state index is 11.0. The monoisotopic (exact) mass is 275 g/mol. The fraction of sp³-hybridized carbons (Fsp3) is 0.562. The van der Waals surface area contributed by atoms with Crippen LogP contribution in [0.4, 0.5) is 11.4 Å². The fourth-order valence-corrected chi connectivity index (χ4v) is 2.80. The van der Waals surface area contributed by atoms with Crippen LogP contribution in [-0.4, -0.2) is 37.0 Å². The van der Waals surface area contributed by atoms with Gasteiger partial charge in [-0.15, -0.1) is 0 Å². The predicted molar refractivity (Wildman–Crippen MR) is 84.1 cm³/mol. The minimum absolute atomic E-state index is 0.0361. The van der Waals surface area contributed by atoms with Crippen LogP contribution < -0.4 is 10.6 Å². The van der Waals surface area contributed by atoms with Gasteiger partial charge in [-0.3, -0.25) is 4.79 Å². The second-order valence-electron chi connectivity index (χ2n) is 5.61. The summed E-state index contributed by atoms with van der Waals surface area (Å²) in [5.41, 5.74) is 1.91. The van der Waals surface area contributed by atoms with Gasteiger partial charge in [-0.25, -0.2) is 0 Å². The molecule has 2 N–H and O–H groups in total. The van der Waals surface area contributed by atoms with E-state index < -0.39 is 0 Å². The quantitative estimate of drug-likeness (QED) is 0.868. The van der Waals surface area contributed by atoms with Crippen molar-refractivity contribution in [3.8, 4) is 0 Å². The summed E-state index contributed by atoms with van der Waals surface area (Å²) in [6.45, 7) is 3.72. The molecule has 4 nitrogen and oxygen atoms in total. The standard InChI is InChI=1S/C16H25N3O/c1-13(20)18-15-7-5-6-14(12-15)17-10-9-16-8-3-4-11-19(16)2/h5-7,12,16-17H,3-4,8-11H2,1-2H3,(H,18,20). The highest BCUT2D eigenvalue weighted by atomic mass is 16.1. The number of benzene rings is 1. The van der Waals surface area contributed by atoms with Crippen LogP contribution in [-0.2, 0) is 4.79 Å². The zero-order chi connectivity index (χ0) is 14.4. The van der Waals surface area contributed by atoms with Crippen LogP contribution in [0.2, 0.25) is 0 Å². The molecule has 1 heterocycles. The second kappa shape index (κ2) is 7.29. The Morgan fingerprint density at radius 3 is 2.90 bits per heavy atom. The van der Waals surface area contributed by atoms with E-state index in [2.05, 4.69) is 22.6 Å².